The van der Waals surface area contributed by atoms with Gasteiger partial charge in [-0.25, -0.2) is 9.40 Å². The molecule has 0 fully saturated rings. The van der Waals surface area contributed by atoms with E-state index >= 15 is 0 Å². The lowest BCUT2D eigenvalue weighted by Gasteiger charge is -2.28. The Bertz CT molecular complexity index is 1160. The summed E-state index contributed by atoms with van der Waals surface area (Å²) in [5.74, 6) is -2.06. The minimum atomic E-state index is -4.73. The van der Waals surface area contributed by atoms with Gasteiger partial charge in [0, 0.05) is 26.1 Å². The number of benzene rings is 3. The first-order chi connectivity index (χ1) is 13.8. The lowest BCUT2D eigenvalue weighted by molar-refractivity contribution is -0.0611. The van der Waals surface area contributed by atoms with Crippen LogP contribution in [0.2, 0.25) is 0 Å². The summed E-state index contributed by atoms with van der Waals surface area (Å²) in [5.41, 5.74) is -0.675. The molecule has 2 nitrogen and oxygen atoms in total. The number of alkyl halides is 3. The number of rotatable bonds is 2. The van der Waals surface area contributed by atoms with Gasteiger partial charge in [0.1, 0.15) is 5.82 Å². The van der Waals surface area contributed by atoms with Crippen LogP contribution in [0.5, 0.6) is 0 Å². The van der Waals surface area contributed by atoms with Gasteiger partial charge < -0.3 is 0 Å². The van der Waals surface area contributed by atoms with Gasteiger partial charge in [-0.1, -0.05) is 62.2 Å². The van der Waals surface area contributed by atoms with Gasteiger partial charge in [0.25, 0.3) is 0 Å². The van der Waals surface area contributed by atoms with E-state index in [9.17, 15) is 17.6 Å². The SMILES string of the molecule is Fc1ccc(Br)cc1C1C=CN(c2ccc(Br)c3ccccc23)N=C1C(F)(F)F. The fraction of sp³-hybridized carbons (Fsp3) is 0.0952. The van der Waals surface area contributed by atoms with Crippen molar-refractivity contribution in [1.29, 1.82) is 0 Å². The van der Waals surface area contributed by atoms with Gasteiger partial charge >= 0.3 is 6.18 Å². The van der Waals surface area contributed by atoms with E-state index in [1.54, 1.807) is 18.2 Å². The van der Waals surface area contributed by atoms with Crippen LogP contribution in [-0.2, 0) is 0 Å². The zero-order valence-electron chi connectivity index (χ0n) is 14.6. The highest BCUT2D eigenvalue weighted by molar-refractivity contribution is 9.11. The Morgan fingerprint density at radius 3 is 2.38 bits per heavy atom. The summed E-state index contributed by atoms with van der Waals surface area (Å²) in [6.07, 6.45) is -1.97. The molecule has 4 rings (SSSR count). The summed E-state index contributed by atoms with van der Waals surface area (Å²) < 4.78 is 57.1. The summed E-state index contributed by atoms with van der Waals surface area (Å²) in [4.78, 5) is 0. The van der Waals surface area contributed by atoms with Crippen molar-refractivity contribution >= 4 is 54.0 Å². The van der Waals surface area contributed by atoms with Crippen molar-refractivity contribution in [3.63, 3.8) is 0 Å². The summed E-state index contributed by atoms with van der Waals surface area (Å²) in [6.45, 7) is 0. The van der Waals surface area contributed by atoms with Gasteiger partial charge in [-0.05, 0) is 35.7 Å². The second kappa shape index (κ2) is 7.57. The second-order valence-electron chi connectivity index (χ2n) is 6.42. The van der Waals surface area contributed by atoms with Gasteiger partial charge in [0.15, 0.2) is 5.71 Å². The summed E-state index contributed by atoms with van der Waals surface area (Å²) >= 11 is 6.64. The molecule has 148 valence electrons. The predicted molar refractivity (Wildman–Crippen MR) is 114 cm³/mol. The predicted octanol–water partition coefficient (Wildman–Crippen LogP) is 7.54. The zero-order valence-corrected chi connectivity index (χ0v) is 17.8. The third-order valence-electron chi connectivity index (χ3n) is 4.61. The van der Waals surface area contributed by atoms with Crippen LogP contribution in [0.4, 0.5) is 23.2 Å². The molecule has 1 atom stereocenters. The van der Waals surface area contributed by atoms with Crippen LogP contribution in [0.1, 0.15) is 11.5 Å². The Kier molecular flexibility index (Phi) is 5.25. The molecule has 1 aliphatic heterocycles. The Hall–Kier alpha value is -2.19. The highest BCUT2D eigenvalue weighted by Gasteiger charge is 2.43. The average Bonchev–Trinajstić information content (AvgIpc) is 2.69. The molecule has 0 saturated heterocycles. The number of hydrogen-bond acceptors (Lipinski definition) is 2. The number of halogens is 6. The molecule has 1 heterocycles. The second-order valence-corrected chi connectivity index (χ2v) is 8.19. The number of hydrogen-bond donors (Lipinski definition) is 0. The first-order valence-corrected chi connectivity index (χ1v) is 10.1. The number of nitrogens with zero attached hydrogens (tertiary/aromatic N) is 2. The molecule has 3 aromatic rings. The molecule has 3 aromatic carbocycles. The van der Waals surface area contributed by atoms with Crippen molar-refractivity contribution in [3.05, 3.63) is 87.2 Å². The molecule has 0 radical (unpaired) electrons. The molecule has 29 heavy (non-hydrogen) atoms. The number of fused-ring (bicyclic) bond motifs is 1. The Labute approximate surface area is 180 Å². The van der Waals surface area contributed by atoms with Crippen molar-refractivity contribution in [3.8, 4) is 0 Å². The Morgan fingerprint density at radius 1 is 0.931 bits per heavy atom. The van der Waals surface area contributed by atoms with Crippen molar-refractivity contribution in [1.82, 2.24) is 0 Å². The van der Waals surface area contributed by atoms with Crippen LogP contribution in [0.3, 0.4) is 0 Å². The zero-order chi connectivity index (χ0) is 20.8. The molecule has 0 bridgehead atoms. The van der Waals surface area contributed by atoms with Crippen LogP contribution >= 0.6 is 31.9 Å². The Balaban J connectivity index is 1.85. The molecule has 0 spiro atoms. The largest absolute Gasteiger partial charge is 0.432 e. The first-order valence-electron chi connectivity index (χ1n) is 8.51. The fourth-order valence-corrected chi connectivity index (χ4v) is 4.14. The van der Waals surface area contributed by atoms with E-state index in [1.165, 1.54) is 29.4 Å². The third-order valence-corrected chi connectivity index (χ3v) is 5.79. The molecule has 0 amide bonds. The lowest BCUT2D eigenvalue weighted by atomic mass is 9.92. The van der Waals surface area contributed by atoms with Gasteiger partial charge in [-0.15, -0.1) is 0 Å². The normalized spacial score (nSPS) is 17.0. The summed E-state index contributed by atoms with van der Waals surface area (Å²) in [5, 5.41) is 6.65. The smallest absolute Gasteiger partial charge is 0.240 e. The number of allylic oxidation sites excluding steroid dienone is 1. The maximum absolute atomic E-state index is 14.3. The molecule has 0 aromatic heterocycles. The van der Waals surface area contributed by atoms with Crippen molar-refractivity contribution < 1.29 is 17.6 Å². The van der Waals surface area contributed by atoms with E-state index in [0.717, 1.165) is 21.3 Å². The van der Waals surface area contributed by atoms with E-state index in [-0.39, 0.29) is 5.56 Å². The van der Waals surface area contributed by atoms with E-state index in [1.807, 2.05) is 18.2 Å². The van der Waals surface area contributed by atoms with Crippen LogP contribution in [-0.4, -0.2) is 11.9 Å². The maximum Gasteiger partial charge on any atom is 0.432 e. The molecule has 0 saturated carbocycles. The quantitative estimate of drug-likeness (QED) is 0.314. The number of anilines is 1. The van der Waals surface area contributed by atoms with Crippen molar-refractivity contribution in [2.24, 2.45) is 5.10 Å². The van der Waals surface area contributed by atoms with Gasteiger partial charge in [-0.3, -0.25) is 0 Å². The minimum absolute atomic E-state index is 0.0907. The van der Waals surface area contributed by atoms with Crippen LogP contribution in [0.25, 0.3) is 10.8 Å². The highest BCUT2D eigenvalue weighted by atomic mass is 79.9. The fourth-order valence-electron chi connectivity index (χ4n) is 3.29. The van der Waals surface area contributed by atoms with E-state index in [2.05, 4.69) is 37.0 Å². The molecular weight excluding hydrogens is 516 g/mol. The third kappa shape index (κ3) is 3.83. The average molecular weight is 528 g/mol. The first kappa shape index (κ1) is 20.1. The molecular formula is C21H12Br2F4N2. The molecule has 0 N–H and O–H groups in total. The van der Waals surface area contributed by atoms with Gasteiger partial charge in [-0.2, -0.15) is 18.3 Å². The van der Waals surface area contributed by atoms with E-state index < -0.39 is 23.6 Å². The molecule has 1 aliphatic rings. The van der Waals surface area contributed by atoms with Gasteiger partial charge in [0.2, 0.25) is 0 Å². The Morgan fingerprint density at radius 2 is 1.66 bits per heavy atom. The monoisotopic (exact) mass is 526 g/mol. The summed E-state index contributed by atoms with van der Waals surface area (Å²) in [7, 11) is 0. The van der Waals surface area contributed by atoms with Crippen LogP contribution in [0, 0.1) is 5.82 Å². The standard InChI is InChI=1S/C21H12Br2F4N2/c22-12-5-7-18(24)16(11-12)15-9-10-29(28-20(15)21(25,26)27)19-8-6-17(23)13-3-1-2-4-14(13)19/h1-11,15H. The molecule has 1 unspecified atom stereocenters. The molecule has 0 aliphatic carbocycles. The van der Waals surface area contributed by atoms with Crippen molar-refractivity contribution in [2.45, 2.75) is 12.1 Å². The van der Waals surface area contributed by atoms with Crippen molar-refractivity contribution in [2.75, 3.05) is 5.01 Å². The van der Waals surface area contributed by atoms with E-state index in [0.29, 0.717) is 10.2 Å². The highest BCUT2D eigenvalue weighted by Crippen LogP contribution is 2.38. The minimum Gasteiger partial charge on any atom is -0.240 e. The van der Waals surface area contributed by atoms with Crippen LogP contribution < -0.4 is 5.01 Å². The van der Waals surface area contributed by atoms with Gasteiger partial charge in [0.05, 0.1) is 11.6 Å². The van der Waals surface area contributed by atoms with E-state index in [4.69, 9.17) is 0 Å². The maximum atomic E-state index is 14.3. The topological polar surface area (TPSA) is 15.6 Å². The number of hydrazone groups is 1. The van der Waals surface area contributed by atoms with Crippen LogP contribution in [0.15, 0.2) is 80.9 Å². The summed E-state index contributed by atoms with van der Waals surface area (Å²) in [6, 6.07) is 14.7. The lowest BCUT2D eigenvalue weighted by Crippen LogP contribution is -2.34. The molecule has 8 heteroatoms.